The fraction of sp³-hybridized carbons (Fsp3) is 0.464. The Labute approximate surface area is 240 Å². The van der Waals surface area contributed by atoms with Crippen molar-refractivity contribution in [3.63, 3.8) is 0 Å². The molecule has 4 rings (SSSR count). The van der Waals surface area contributed by atoms with Crippen molar-refractivity contribution in [2.75, 3.05) is 31.7 Å². The number of aromatic nitrogens is 4. The highest BCUT2D eigenvalue weighted by Gasteiger charge is 2.34. The number of methoxy groups -OCH3 is 1. The lowest BCUT2D eigenvalue weighted by atomic mass is 9.98. The van der Waals surface area contributed by atoms with Crippen molar-refractivity contribution in [3.8, 4) is 11.5 Å². The van der Waals surface area contributed by atoms with Crippen LogP contribution in [0.3, 0.4) is 0 Å². The number of hydrogen-bond donors (Lipinski definition) is 2. The first-order valence-corrected chi connectivity index (χ1v) is 14.8. The van der Waals surface area contributed by atoms with Crippen LogP contribution in [-0.4, -0.2) is 65.7 Å². The third-order valence-corrected chi connectivity index (χ3v) is 9.71. The number of allylic oxidation sites excluding steroid dienone is 1. The number of anilines is 1. The lowest BCUT2D eigenvalue weighted by Gasteiger charge is -2.32. The standard InChI is InChI=1S/C28H38N8O4S/c1-17(18(2)29)25(30)35-26-21-11-24(41(37,38)28(3,4)5)23(12-22(21)33-16-34-26)40-15-19-7-9-36(10-8-19)27-31-13-20(39-6)14-32-27/h11-14,16,19H,7-10,15,29H2,1-6H3,(H2,30,33,34,35). The Kier molecular flexibility index (Phi) is 8.66. The predicted molar refractivity (Wildman–Crippen MR) is 159 cm³/mol. The molecule has 0 aliphatic carbocycles. The summed E-state index contributed by atoms with van der Waals surface area (Å²) in [6.45, 7) is 10.3. The van der Waals surface area contributed by atoms with Crippen molar-refractivity contribution >= 4 is 38.3 Å². The maximum atomic E-state index is 13.7. The quantitative estimate of drug-likeness (QED) is 0.294. The monoisotopic (exact) mass is 582 g/mol. The molecule has 0 atom stereocenters. The highest BCUT2D eigenvalue weighted by atomic mass is 32.2. The van der Waals surface area contributed by atoms with Crippen LogP contribution < -0.4 is 25.8 Å². The molecular formula is C28H38N8O4S. The van der Waals surface area contributed by atoms with E-state index in [1.165, 1.54) is 12.4 Å². The van der Waals surface area contributed by atoms with E-state index in [1.54, 1.807) is 60.2 Å². The van der Waals surface area contributed by atoms with E-state index in [0.717, 1.165) is 25.9 Å². The molecule has 2 aromatic heterocycles. The van der Waals surface area contributed by atoms with Gasteiger partial charge in [0, 0.05) is 35.8 Å². The van der Waals surface area contributed by atoms with Gasteiger partial charge in [-0.05, 0) is 59.4 Å². The SMILES string of the molecule is COc1cnc(N2CCC(COc3cc4ncnc(N=C(N)C(C)=C(C)N)c4cc3S(=O)(=O)C(C)(C)C)CC2)nc1. The molecule has 0 spiro atoms. The first-order chi connectivity index (χ1) is 19.3. The van der Waals surface area contributed by atoms with Gasteiger partial charge in [0.15, 0.2) is 21.4 Å². The summed E-state index contributed by atoms with van der Waals surface area (Å²) >= 11 is 0. The molecule has 1 aromatic carbocycles. The van der Waals surface area contributed by atoms with Gasteiger partial charge in [-0.25, -0.2) is 33.3 Å². The molecule has 0 bridgehead atoms. The van der Waals surface area contributed by atoms with Gasteiger partial charge in [0.25, 0.3) is 0 Å². The molecule has 0 radical (unpaired) electrons. The summed E-state index contributed by atoms with van der Waals surface area (Å²) in [4.78, 5) is 24.0. The average molecular weight is 583 g/mol. The van der Waals surface area contributed by atoms with Crippen molar-refractivity contribution in [1.29, 1.82) is 0 Å². The Morgan fingerprint density at radius 2 is 1.73 bits per heavy atom. The molecule has 0 amide bonds. The summed E-state index contributed by atoms with van der Waals surface area (Å²) < 4.78 is 37.7. The van der Waals surface area contributed by atoms with Gasteiger partial charge in [0.2, 0.25) is 5.95 Å². The maximum absolute atomic E-state index is 13.7. The number of nitrogens with two attached hydrogens (primary N) is 2. The zero-order chi connectivity index (χ0) is 29.9. The van der Waals surface area contributed by atoms with Gasteiger partial charge in [0.05, 0.1) is 36.4 Å². The topological polar surface area (TPSA) is 172 Å². The number of aliphatic imine (C=N–C) groups is 1. The van der Waals surface area contributed by atoms with Crippen LogP contribution in [0.4, 0.5) is 11.8 Å². The Balaban J connectivity index is 1.62. The van der Waals surface area contributed by atoms with E-state index in [2.05, 4.69) is 29.8 Å². The molecule has 1 saturated heterocycles. The van der Waals surface area contributed by atoms with Crippen molar-refractivity contribution in [1.82, 2.24) is 19.9 Å². The van der Waals surface area contributed by atoms with Crippen LogP contribution in [0.2, 0.25) is 0 Å². The van der Waals surface area contributed by atoms with E-state index >= 15 is 0 Å². The number of amidine groups is 1. The van der Waals surface area contributed by atoms with Gasteiger partial charge in [-0.2, -0.15) is 0 Å². The Bertz CT molecular complexity index is 1570. The van der Waals surface area contributed by atoms with Gasteiger partial charge in [-0.1, -0.05) is 0 Å². The van der Waals surface area contributed by atoms with Crippen LogP contribution in [0.1, 0.15) is 47.5 Å². The highest BCUT2D eigenvalue weighted by Crippen LogP contribution is 2.37. The molecule has 3 heterocycles. The van der Waals surface area contributed by atoms with E-state index in [4.69, 9.17) is 20.9 Å². The van der Waals surface area contributed by atoms with Gasteiger partial charge < -0.3 is 25.8 Å². The maximum Gasteiger partial charge on any atom is 0.225 e. The molecule has 1 fully saturated rings. The summed E-state index contributed by atoms with van der Waals surface area (Å²) in [6.07, 6.45) is 6.36. The van der Waals surface area contributed by atoms with E-state index < -0.39 is 14.6 Å². The molecule has 1 aliphatic heterocycles. The molecule has 4 N–H and O–H groups in total. The van der Waals surface area contributed by atoms with E-state index in [-0.39, 0.29) is 28.2 Å². The summed E-state index contributed by atoms with van der Waals surface area (Å²) in [5, 5.41) is 0.445. The smallest absolute Gasteiger partial charge is 0.225 e. The lowest BCUT2D eigenvalue weighted by molar-refractivity contribution is 0.218. The number of fused-ring (bicyclic) bond motifs is 1. The van der Waals surface area contributed by atoms with Crippen molar-refractivity contribution in [2.24, 2.45) is 22.4 Å². The Hall–Kier alpha value is -4.00. The number of nitrogens with zero attached hydrogens (tertiary/aromatic N) is 6. The summed E-state index contributed by atoms with van der Waals surface area (Å²) in [5.74, 6) is 2.19. The van der Waals surface area contributed by atoms with Crippen LogP contribution in [0.15, 0.2) is 52.0 Å². The molecule has 12 nitrogen and oxygen atoms in total. The fourth-order valence-electron chi connectivity index (χ4n) is 4.28. The van der Waals surface area contributed by atoms with Crippen LogP contribution in [-0.2, 0) is 9.84 Å². The van der Waals surface area contributed by atoms with Crippen LogP contribution >= 0.6 is 0 Å². The summed E-state index contributed by atoms with van der Waals surface area (Å²) in [5.41, 5.74) is 13.7. The third kappa shape index (κ3) is 6.50. The number of piperidine rings is 1. The number of hydrogen-bond acceptors (Lipinski definition) is 11. The number of rotatable bonds is 8. The average Bonchev–Trinajstić information content (AvgIpc) is 2.95. The van der Waals surface area contributed by atoms with E-state index in [9.17, 15) is 8.42 Å². The van der Waals surface area contributed by atoms with Gasteiger partial charge in [0.1, 0.15) is 22.8 Å². The Morgan fingerprint density at radius 1 is 1.07 bits per heavy atom. The molecule has 0 unspecified atom stereocenters. The molecule has 41 heavy (non-hydrogen) atoms. The second-order valence-electron chi connectivity index (χ2n) is 11.1. The molecule has 0 saturated carbocycles. The van der Waals surface area contributed by atoms with E-state index in [1.807, 2.05) is 0 Å². The first kappa shape index (κ1) is 30.0. The second kappa shape index (κ2) is 11.9. The third-order valence-electron chi connectivity index (χ3n) is 7.20. The van der Waals surface area contributed by atoms with E-state index in [0.29, 0.717) is 40.5 Å². The minimum Gasteiger partial charge on any atom is -0.494 e. The minimum atomic E-state index is -3.80. The molecule has 220 valence electrons. The number of ether oxygens (including phenoxy) is 2. The van der Waals surface area contributed by atoms with Crippen LogP contribution in [0, 0.1) is 5.92 Å². The lowest BCUT2D eigenvalue weighted by Crippen LogP contribution is -2.36. The number of sulfone groups is 1. The summed E-state index contributed by atoms with van der Waals surface area (Å²) in [7, 11) is -2.22. The molecule has 1 aliphatic rings. The first-order valence-electron chi connectivity index (χ1n) is 13.4. The fourth-order valence-corrected chi connectivity index (χ4v) is 5.59. The van der Waals surface area contributed by atoms with Crippen LogP contribution in [0.25, 0.3) is 10.9 Å². The predicted octanol–water partition coefficient (Wildman–Crippen LogP) is 3.54. The summed E-state index contributed by atoms with van der Waals surface area (Å²) in [6, 6.07) is 3.18. The largest absolute Gasteiger partial charge is 0.494 e. The van der Waals surface area contributed by atoms with Gasteiger partial charge in [-0.3, -0.25) is 0 Å². The van der Waals surface area contributed by atoms with Crippen LogP contribution in [0.5, 0.6) is 11.5 Å². The van der Waals surface area contributed by atoms with Gasteiger partial charge in [-0.15, -0.1) is 0 Å². The van der Waals surface area contributed by atoms with Crippen molar-refractivity contribution < 1.29 is 17.9 Å². The minimum absolute atomic E-state index is 0.0636. The van der Waals surface area contributed by atoms with Crippen molar-refractivity contribution in [3.05, 3.63) is 42.1 Å². The van der Waals surface area contributed by atoms with Gasteiger partial charge >= 0.3 is 0 Å². The highest BCUT2D eigenvalue weighted by molar-refractivity contribution is 7.92. The normalized spacial score (nSPS) is 16.0. The molecule has 13 heteroatoms. The zero-order valence-corrected chi connectivity index (χ0v) is 25.2. The van der Waals surface area contributed by atoms with Crippen molar-refractivity contribution in [2.45, 2.75) is 57.1 Å². The second-order valence-corrected chi connectivity index (χ2v) is 13.8. The Morgan fingerprint density at radius 3 is 2.32 bits per heavy atom. The number of benzene rings is 1. The molecule has 3 aromatic rings. The molecular weight excluding hydrogens is 544 g/mol. The zero-order valence-electron chi connectivity index (χ0n) is 24.4.